The first-order valence-electron chi connectivity index (χ1n) is 8.62. The Labute approximate surface area is 157 Å². The van der Waals surface area contributed by atoms with Gasteiger partial charge in [0.1, 0.15) is 5.75 Å². The van der Waals surface area contributed by atoms with Crippen LogP contribution in [-0.2, 0) is 4.74 Å². The number of allylic oxidation sites excluding steroid dienone is 2. The number of esters is 1. The van der Waals surface area contributed by atoms with Crippen LogP contribution < -0.4 is 10.1 Å². The van der Waals surface area contributed by atoms with Gasteiger partial charge in [-0.05, 0) is 47.7 Å². The lowest BCUT2D eigenvalue weighted by molar-refractivity contribution is 0.0598. The summed E-state index contributed by atoms with van der Waals surface area (Å²) < 4.78 is 10.4. The lowest BCUT2D eigenvalue weighted by atomic mass is 9.75. The van der Waals surface area contributed by atoms with Crippen molar-refractivity contribution in [1.82, 2.24) is 0 Å². The van der Waals surface area contributed by atoms with Crippen molar-refractivity contribution in [3.63, 3.8) is 0 Å². The molecule has 2 aliphatic rings. The van der Waals surface area contributed by atoms with Gasteiger partial charge in [-0.2, -0.15) is 0 Å². The van der Waals surface area contributed by atoms with Gasteiger partial charge in [-0.25, -0.2) is 4.79 Å². The van der Waals surface area contributed by atoms with Gasteiger partial charge < -0.3 is 14.8 Å². The molecule has 4 nitrogen and oxygen atoms in total. The number of anilines is 1. The van der Waals surface area contributed by atoms with E-state index in [0.717, 1.165) is 29.0 Å². The normalized spacial score (nSPS) is 23.0. The highest BCUT2D eigenvalue weighted by Crippen LogP contribution is 2.52. The van der Waals surface area contributed by atoms with Gasteiger partial charge in [0.15, 0.2) is 0 Å². The van der Waals surface area contributed by atoms with Crippen LogP contribution in [0, 0.1) is 5.92 Å². The zero-order valence-corrected chi connectivity index (χ0v) is 15.4. The van der Waals surface area contributed by atoms with Crippen molar-refractivity contribution in [3.8, 4) is 5.75 Å². The molecule has 0 fully saturated rings. The second kappa shape index (κ2) is 6.69. The molecule has 0 amide bonds. The molecule has 1 heterocycles. The van der Waals surface area contributed by atoms with Crippen LogP contribution in [0.3, 0.4) is 0 Å². The molecule has 26 heavy (non-hydrogen) atoms. The number of halogens is 1. The third-order valence-electron chi connectivity index (χ3n) is 5.33. The fourth-order valence-corrected chi connectivity index (χ4v) is 4.35. The third-order valence-corrected chi connectivity index (χ3v) is 5.64. The van der Waals surface area contributed by atoms with E-state index < -0.39 is 0 Å². The summed E-state index contributed by atoms with van der Waals surface area (Å²) in [6.07, 6.45) is 5.30. The Balaban J connectivity index is 1.84. The van der Waals surface area contributed by atoms with Gasteiger partial charge in [0, 0.05) is 5.92 Å². The number of rotatable bonds is 3. The van der Waals surface area contributed by atoms with Gasteiger partial charge >= 0.3 is 5.97 Å². The van der Waals surface area contributed by atoms with E-state index in [-0.39, 0.29) is 17.9 Å². The number of benzene rings is 2. The first-order chi connectivity index (χ1) is 12.6. The monoisotopic (exact) mass is 369 g/mol. The van der Waals surface area contributed by atoms with Crippen LogP contribution in [0.2, 0.25) is 5.02 Å². The summed E-state index contributed by atoms with van der Waals surface area (Å²) in [5.41, 5.74) is 3.47. The van der Waals surface area contributed by atoms with Crippen molar-refractivity contribution in [1.29, 1.82) is 0 Å². The van der Waals surface area contributed by atoms with Crippen molar-refractivity contribution in [2.75, 3.05) is 19.5 Å². The maximum atomic E-state index is 12.3. The van der Waals surface area contributed by atoms with E-state index in [4.69, 9.17) is 21.1 Å². The van der Waals surface area contributed by atoms with E-state index in [2.05, 4.69) is 29.6 Å². The number of ether oxygens (including phenoxy) is 2. The Morgan fingerprint density at radius 2 is 2.08 bits per heavy atom. The molecular weight excluding hydrogens is 350 g/mol. The van der Waals surface area contributed by atoms with Gasteiger partial charge in [-0.3, -0.25) is 0 Å². The molecule has 0 radical (unpaired) electrons. The molecule has 2 aromatic carbocycles. The minimum absolute atomic E-state index is 0.0861. The molecular formula is C21H20ClNO3. The molecule has 1 aliphatic heterocycles. The van der Waals surface area contributed by atoms with Crippen LogP contribution in [0.4, 0.5) is 5.69 Å². The van der Waals surface area contributed by atoms with E-state index in [9.17, 15) is 4.79 Å². The molecule has 134 valence electrons. The van der Waals surface area contributed by atoms with E-state index >= 15 is 0 Å². The van der Waals surface area contributed by atoms with Crippen molar-refractivity contribution in [2.45, 2.75) is 18.4 Å². The Bertz CT molecular complexity index is 893. The second-order valence-corrected chi connectivity index (χ2v) is 7.03. The largest absolute Gasteiger partial charge is 0.497 e. The predicted molar refractivity (Wildman–Crippen MR) is 102 cm³/mol. The summed E-state index contributed by atoms with van der Waals surface area (Å²) in [6, 6.07) is 11.7. The van der Waals surface area contributed by atoms with Gasteiger partial charge in [-0.1, -0.05) is 35.9 Å². The van der Waals surface area contributed by atoms with Crippen LogP contribution >= 0.6 is 11.6 Å². The summed E-state index contributed by atoms with van der Waals surface area (Å²) in [5.74, 6) is 0.914. The molecule has 0 aromatic heterocycles. The van der Waals surface area contributed by atoms with Crippen molar-refractivity contribution < 1.29 is 14.3 Å². The number of carbonyl (C=O) groups excluding carboxylic acids is 1. The first-order valence-corrected chi connectivity index (χ1v) is 8.99. The Morgan fingerprint density at radius 1 is 1.23 bits per heavy atom. The van der Waals surface area contributed by atoms with Crippen LogP contribution in [0.25, 0.3) is 0 Å². The van der Waals surface area contributed by atoms with Crippen molar-refractivity contribution in [2.24, 2.45) is 5.92 Å². The van der Waals surface area contributed by atoms with E-state index in [0.29, 0.717) is 16.5 Å². The zero-order chi connectivity index (χ0) is 18.3. The average Bonchev–Trinajstić information content (AvgIpc) is 3.17. The molecule has 5 heteroatoms. The fraction of sp³-hybridized carbons (Fsp3) is 0.286. The summed E-state index contributed by atoms with van der Waals surface area (Å²) in [6.45, 7) is 0. The number of hydrogen-bond acceptors (Lipinski definition) is 4. The Hall–Kier alpha value is -2.46. The Morgan fingerprint density at radius 3 is 2.85 bits per heavy atom. The number of methoxy groups -OCH3 is 2. The summed E-state index contributed by atoms with van der Waals surface area (Å²) in [5, 5.41) is 4.20. The van der Waals surface area contributed by atoms with Gasteiger partial charge in [0.25, 0.3) is 0 Å². The average molecular weight is 370 g/mol. The first kappa shape index (κ1) is 17.0. The van der Waals surface area contributed by atoms with Gasteiger partial charge in [0.05, 0.1) is 36.5 Å². The van der Waals surface area contributed by atoms with E-state index in [1.54, 1.807) is 19.2 Å². The minimum Gasteiger partial charge on any atom is -0.497 e. The Kier molecular flexibility index (Phi) is 4.37. The van der Waals surface area contributed by atoms with Gasteiger partial charge in [-0.15, -0.1) is 0 Å². The SMILES string of the molecule is COC(=O)c1ccc(Cl)c2c1[C@@H]1C=CC[C@@H]1[C@@H](c1cccc(OC)c1)N2. The minimum atomic E-state index is -0.335. The van der Waals surface area contributed by atoms with Crippen molar-refractivity contribution in [3.05, 3.63) is 70.3 Å². The standard InChI is InChI=1S/C21H20ClNO3/c1-25-13-6-3-5-12(11-13)19-15-8-4-7-14(15)18-16(21(24)26-2)9-10-17(22)20(18)23-19/h3-7,9-11,14-15,19,23H,8H2,1-2H3/t14-,15+,19-/m1/s1. The smallest absolute Gasteiger partial charge is 0.338 e. The molecule has 0 saturated heterocycles. The molecule has 0 spiro atoms. The second-order valence-electron chi connectivity index (χ2n) is 6.63. The number of nitrogens with one attached hydrogen (secondary N) is 1. The van der Waals surface area contributed by atoms with Crippen LogP contribution in [0.1, 0.15) is 39.9 Å². The number of hydrogen-bond donors (Lipinski definition) is 1. The summed E-state index contributed by atoms with van der Waals surface area (Å²) in [7, 11) is 3.07. The highest BCUT2D eigenvalue weighted by molar-refractivity contribution is 6.33. The summed E-state index contributed by atoms with van der Waals surface area (Å²) >= 11 is 6.50. The molecule has 2 aromatic rings. The lowest BCUT2D eigenvalue weighted by Gasteiger charge is -2.38. The van der Waals surface area contributed by atoms with Crippen LogP contribution in [-0.4, -0.2) is 20.2 Å². The highest BCUT2D eigenvalue weighted by atomic mass is 35.5. The molecule has 3 atom stereocenters. The molecule has 0 bridgehead atoms. The molecule has 4 rings (SSSR count). The maximum Gasteiger partial charge on any atom is 0.338 e. The zero-order valence-electron chi connectivity index (χ0n) is 14.7. The lowest BCUT2D eigenvalue weighted by Crippen LogP contribution is -2.30. The third kappa shape index (κ3) is 2.65. The predicted octanol–water partition coefficient (Wildman–Crippen LogP) is 4.96. The molecule has 1 aliphatic carbocycles. The molecule has 0 saturated carbocycles. The number of fused-ring (bicyclic) bond motifs is 3. The van der Waals surface area contributed by atoms with E-state index in [1.807, 2.05) is 12.1 Å². The van der Waals surface area contributed by atoms with Gasteiger partial charge in [0.2, 0.25) is 0 Å². The van der Waals surface area contributed by atoms with Crippen molar-refractivity contribution >= 4 is 23.3 Å². The highest BCUT2D eigenvalue weighted by Gasteiger charge is 2.41. The quantitative estimate of drug-likeness (QED) is 0.613. The fourth-order valence-electron chi connectivity index (χ4n) is 4.13. The number of carbonyl (C=O) groups is 1. The van der Waals surface area contributed by atoms with E-state index in [1.165, 1.54) is 7.11 Å². The topological polar surface area (TPSA) is 47.6 Å². The maximum absolute atomic E-state index is 12.3. The molecule has 0 unspecified atom stereocenters. The summed E-state index contributed by atoms with van der Waals surface area (Å²) in [4.78, 5) is 12.3. The molecule has 1 N–H and O–H groups in total. The van der Waals surface area contributed by atoms with Crippen LogP contribution in [0.15, 0.2) is 48.6 Å². The van der Waals surface area contributed by atoms with Crippen LogP contribution in [0.5, 0.6) is 5.75 Å².